The molecular weight excluding hydrogens is 180 g/mol. The van der Waals surface area contributed by atoms with Gasteiger partial charge in [0.15, 0.2) is 0 Å². The van der Waals surface area contributed by atoms with Gasteiger partial charge in [0, 0.05) is 0 Å². The molecule has 0 fully saturated rings. The van der Waals surface area contributed by atoms with Crippen LogP contribution in [0.25, 0.3) is 0 Å². The highest BCUT2D eigenvalue weighted by molar-refractivity contribution is 4.61. The molecular formula is C15H32. The van der Waals surface area contributed by atoms with E-state index >= 15 is 0 Å². The van der Waals surface area contributed by atoms with Crippen molar-refractivity contribution in [3.8, 4) is 0 Å². The Balaban J connectivity index is 3.26. The Morgan fingerprint density at radius 1 is 0.600 bits per heavy atom. The first-order chi connectivity index (χ1) is 7.22. The maximum atomic E-state index is 2.44. The Morgan fingerprint density at radius 2 is 1.13 bits per heavy atom. The molecule has 92 valence electrons. The van der Waals surface area contributed by atoms with Gasteiger partial charge in [0.25, 0.3) is 0 Å². The first-order valence-corrected chi connectivity index (χ1v) is 7.22. The quantitative estimate of drug-likeness (QED) is 0.401. The molecule has 2 unspecified atom stereocenters. The van der Waals surface area contributed by atoms with Gasteiger partial charge in [-0.05, 0) is 11.8 Å². The van der Waals surface area contributed by atoms with E-state index in [2.05, 4.69) is 27.7 Å². The van der Waals surface area contributed by atoms with E-state index < -0.39 is 0 Å². The van der Waals surface area contributed by atoms with Crippen molar-refractivity contribution in [3.63, 3.8) is 0 Å². The highest BCUT2D eigenvalue weighted by Gasteiger charge is 2.10. The summed E-state index contributed by atoms with van der Waals surface area (Å²) in [6.45, 7) is 9.44. The van der Waals surface area contributed by atoms with E-state index in [0.717, 1.165) is 11.8 Å². The minimum Gasteiger partial charge on any atom is -0.0654 e. The van der Waals surface area contributed by atoms with Crippen molar-refractivity contribution in [2.75, 3.05) is 0 Å². The van der Waals surface area contributed by atoms with Crippen LogP contribution in [-0.2, 0) is 0 Å². The van der Waals surface area contributed by atoms with E-state index in [1.54, 1.807) is 0 Å². The van der Waals surface area contributed by atoms with E-state index in [1.807, 2.05) is 0 Å². The maximum Gasteiger partial charge on any atom is -0.0417 e. The number of rotatable bonds is 10. The van der Waals surface area contributed by atoms with E-state index in [1.165, 1.54) is 57.8 Å². The van der Waals surface area contributed by atoms with Gasteiger partial charge in [-0.2, -0.15) is 0 Å². The third-order valence-corrected chi connectivity index (χ3v) is 3.73. The summed E-state index contributed by atoms with van der Waals surface area (Å²) in [6, 6.07) is 0. The van der Waals surface area contributed by atoms with Crippen LogP contribution in [0.1, 0.15) is 85.5 Å². The monoisotopic (exact) mass is 212 g/mol. The topological polar surface area (TPSA) is 0 Å². The maximum absolute atomic E-state index is 2.44. The van der Waals surface area contributed by atoms with Crippen molar-refractivity contribution in [1.82, 2.24) is 0 Å². The first kappa shape index (κ1) is 15.0. The molecule has 0 saturated carbocycles. The molecule has 0 aromatic heterocycles. The Labute approximate surface area is 97.8 Å². The van der Waals surface area contributed by atoms with Gasteiger partial charge in [-0.15, -0.1) is 0 Å². The highest BCUT2D eigenvalue weighted by atomic mass is 14.2. The zero-order valence-electron chi connectivity index (χ0n) is 11.5. The number of hydrogen-bond donors (Lipinski definition) is 0. The zero-order chi connectivity index (χ0) is 11.5. The van der Waals surface area contributed by atoms with E-state index in [9.17, 15) is 0 Å². The smallest absolute Gasteiger partial charge is 0.0417 e. The molecule has 0 amide bonds. The number of unbranched alkanes of at least 4 members (excludes halogenated alkanes) is 5. The molecule has 0 nitrogen and oxygen atoms in total. The largest absolute Gasteiger partial charge is 0.0654 e. The Bertz CT molecular complexity index is 117. The van der Waals surface area contributed by atoms with Crippen molar-refractivity contribution in [2.24, 2.45) is 11.8 Å². The number of hydrogen-bond acceptors (Lipinski definition) is 0. The molecule has 0 radical (unpaired) electrons. The molecule has 0 aromatic rings. The van der Waals surface area contributed by atoms with Gasteiger partial charge in [-0.1, -0.05) is 85.5 Å². The van der Waals surface area contributed by atoms with Gasteiger partial charge in [-0.3, -0.25) is 0 Å². The van der Waals surface area contributed by atoms with Gasteiger partial charge in [0.05, 0.1) is 0 Å². The van der Waals surface area contributed by atoms with Crippen LogP contribution in [0.3, 0.4) is 0 Å². The van der Waals surface area contributed by atoms with Crippen molar-refractivity contribution in [3.05, 3.63) is 0 Å². The molecule has 0 aromatic carbocycles. The van der Waals surface area contributed by atoms with Crippen LogP contribution in [0, 0.1) is 11.8 Å². The molecule has 2 atom stereocenters. The summed E-state index contributed by atoms with van der Waals surface area (Å²) in [4.78, 5) is 0. The van der Waals surface area contributed by atoms with Crippen LogP contribution in [0.2, 0.25) is 0 Å². The van der Waals surface area contributed by atoms with Gasteiger partial charge < -0.3 is 0 Å². The van der Waals surface area contributed by atoms with Gasteiger partial charge in [0.2, 0.25) is 0 Å². The fraction of sp³-hybridized carbons (Fsp3) is 1.00. The lowest BCUT2D eigenvalue weighted by Gasteiger charge is -2.18. The van der Waals surface area contributed by atoms with Crippen molar-refractivity contribution in [2.45, 2.75) is 85.5 Å². The molecule has 0 N–H and O–H groups in total. The van der Waals surface area contributed by atoms with E-state index in [0.29, 0.717) is 0 Å². The summed E-state index contributed by atoms with van der Waals surface area (Å²) in [5, 5.41) is 0. The summed E-state index contributed by atoms with van der Waals surface area (Å²) in [6.07, 6.45) is 12.8. The van der Waals surface area contributed by atoms with Crippen molar-refractivity contribution >= 4 is 0 Å². The molecule has 0 spiro atoms. The predicted octanol–water partition coefficient (Wildman–Crippen LogP) is 5.81. The molecule has 0 saturated heterocycles. The standard InChI is InChI=1S/C15H32/c1-5-7-8-9-10-11-13-15(4)14(3)12-6-2/h14-15H,5-13H2,1-4H3. The van der Waals surface area contributed by atoms with Gasteiger partial charge in [-0.25, -0.2) is 0 Å². The third kappa shape index (κ3) is 8.96. The summed E-state index contributed by atoms with van der Waals surface area (Å²) in [5.74, 6) is 1.88. The van der Waals surface area contributed by atoms with Crippen LogP contribution in [0.15, 0.2) is 0 Å². The first-order valence-electron chi connectivity index (χ1n) is 7.22. The van der Waals surface area contributed by atoms with Crippen LogP contribution in [0.5, 0.6) is 0 Å². The van der Waals surface area contributed by atoms with Gasteiger partial charge in [0.1, 0.15) is 0 Å². The molecule has 0 aliphatic carbocycles. The molecule has 0 bridgehead atoms. The molecule has 15 heavy (non-hydrogen) atoms. The SMILES string of the molecule is CCCCCCCCC(C)C(C)CCC. The van der Waals surface area contributed by atoms with Crippen LogP contribution in [-0.4, -0.2) is 0 Å². The highest BCUT2D eigenvalue weighted by Crippen LogP contribution is 2.22. The lowest BCUT2D eigenvalue weighted by atomic mass is 9.87. The van der Waals surface area contributed by atoms with Crippen LogP contribution < -0.4 is 0 Å². The molecule has 0 aliphatic heterocycles. The average molecular weight is 212 g/mol. The fourth-order valence-electron chi connectivity index (χ4n) is 2.27. The van der Waals surface area contributed by atoms with E-state index in [4.69, 9.17) is 0 Å². The average Bonchev–Trinajstić information content (AvgIpc) is 2.23. The second kappa shape index (κ2) is 10.5. The second-order valence-corrected chi connectivity index (χ2v) is 5.30. The molecule has 0 heteroatoms. The summed E-state index contributed by atoms with van der Waals surface area (Å²) < 4.78 is 0. The summed E-state index contributed by atoms with van der Waals surface area (Å²) >= 11 is 0. The molecule has 0 rings (SSSR count). The fourth-order valence-corrected chi connectivity index (χ4v) is 2.27. The second-order valence-electron chi connectivity index (χ2n) is 5.30. The Hall–Kier alpha value is 0. The molecule has 0 aliphatic rings. The summed E-state index contributed by atoms with van der Waals surface area (Å²) in [7, 11) is 0. The lowest BCUT2D eigenvalue weighted by molar-refractivity contribution is 0.330. The predicted molar refractivity (Wildman–Crippen MR) is 71.2 cm³/mol. The van der Waals surface area contributed by atoms with Crippen molar-refractivity contribution < 1.29 is 0 Å². The lowest BCUT2D eigenvalue weighted by Crippen LogP contribution is -2.07. The normalized spacial score (nSPS) is 15.2. The van der Waals surface area contributed by atoms with Crippen molar-refractivity contribution in [1.29, 1.82) is 0 Å². The van der Waals surface area contributed by atoms with Crippen LogP contribution >= 0.6 is 0 Å². The Morgan fingerprint density at radius 3 is 1.73 bits per heavy atom. The van der Waals surface area contributed by atoms with Gasteiger partial charge >= 0.3 is 0 Å². The summed E-state index contributed by atoms with van der Waals surface area (Å²) in [5.41, 5.74) is 0. The van der Waals surface area contributed by atoms with E-state index in [-0.39, 0.29) is 0 Å². The zero-order valence-corrected chi connectivity index (χ0v) is 11.5. The third-order valence-electron chi connectivity index (χ3n) is 3.73. The Kier molecular flexibility index (Phi) is 10.5. The minimum absolute atomic E-state index is 0.936. The van der Waals surface area contributed by atoms with Crippen LogP contribution in [0.4, 0.5) is 0 Å². The molecule has 0 heterocycles. The minimum atomic E-state index is 0.936.